The number of hydrogen-bond acceptors (Lipinski definition) is 4. The fourth-order valence-electron chi connectivity index (χ4n) is 3.15. The van der Waals surface area contributed by atoms with Crippen LogP contribution >= 0.6 is 11.8 Å². The van der Waals surface area contributed by atoms with E-state index in [0.29, 0.717) is 4.90 Å². The third-order valence-electron chi connectivity index (χ3n) is 4.46. The van der Waals surface area contributed by atoms with Gasteiger partial charge in [-0.15, -0.1) is 11.8 Å². The Morgan fingerprint density at radius 1 is 1.00 bits per heavy atom. The summed E-state index contributed by atoms with van der Waals surface area (Å²) in [6.45, 7) is 0. The molecule has 1 fully saturated rings. The average molecular weight is 392 g/mol. The van der Waals surface area contributed by atoms with Gasteiger partial charge in [0.05, 0.1) is 10.5 Å². The van der Waals surface area contributed by atoms with Crippen LogP contribution in [0, 0.1) is 0 Å². The Labute approximate surface area is 157 Å². The first-order chi connectivity index (χ1) is 12.5. The Balaban J connectivity index is 1.80. The first-order valence-corrected chi connectivity index (χ1v) is 10.9. The third-order valence-corrected chi connectivity index (χ3v) is 7.44. The van der Waals surface area contributed by atoms with Crippen LogP contribution in [-0.4, -0.2) is 30.8 Å². The fourth-order valence-corrected chi connectivity index (χ4v) is 5.99. The predicted molar refractivity (Wildman–Crippen MR) is 102 cm³/mol. The van der Waals surface area contributed by atoms with Crippen LogP contribution in [0.25, 0.3) is 0 Å². The molecule has 138 valence electrons. The Bertz CT molecular complexity index is 868. The van der Waals surface area contributed by atoms with Crippen LogP contribution < -0.4 is 4.72 Å². The number of benzene rings is 2. The van der Waals surface area contributed by atoms with Gasteiger partial charge in [-0.3, -0.25) is 0 Å². The van der Waals surface area contributed by atoms with Crippen LogP contribution in [0.1, 0.15) is 36.0 Å². The summed E-state index contributed by atoms with van der Waals surface area (Å²) in [5.41, 5.74) is 0.257. The van der Waals surface area contributed by atoms with Crippen LogP contribution in [-0.2, 0) is 10.0 Å². The number of aromatic carboxylic acids is 1. The van der Waals surface area contributed by atoms with Crippen molar-refractivity contribution in [1.29, 1.82) is 0 Å². The molecule has 0 bridgehead atoms. The van der Waals surface area contributed by atoms with Gasteiger partial charge < -0.3 is 5.11 Å². The van der Waals surface area contributed by atoms with E-state index in [2.05, 4.69) is 4.72 Å². The van der Waals surface area contributed by atoms with Crippen LogP contribution in [0.4, 0.5) is 0 Å². The normalized spacial score (nSPS) is 20.6. The van der Waals surface area contributed by atoms with E-state index in [0.717, 1.165) is 25.7 Å². The molecule has 0 amide bonds. The highest BCUT2D eigenvalue weighted by molar-refractivity contribution is 8.00. The summed E-state index contributed by atoms with van der Waals surface area (Å²) >= 11 is 1.46. The van der Waals surface area contributed by atoms with Crippen molar-refractivity contribution < 1.29 is 18.3 Å². The first-order valence-electron chi connectivity index (χ1n) is 8.54. The van der Waals surface area contributed by atoms with E-state index < -0.39 is 16.0 Å². The summed E-state index contributed by atoms with van der Waals surface area (Å²) in [6, 6.07) is 15.0. The molecule has 0 spiro atoms. The van der Waals surface area contributed by atoms with Gasteiger partial charge in [0.2, 0.25) is 10.0 Å². The standard InChI is InChI=1S/C19H21NO4S2/c21-19(22)15-10-4-6-12-17(15)25-18-13-7-5-11-16(18)20-26(23,24)14-8-2-1-3-9-14/h1-4,6,8-10,12,16,18,20H,5,7,11,13H2,(H,21,22)/t16-,18+/m0/s1. The van der Waals surface area contributed by atoms with Gasteiger partial charge in [-0.05, 0) is 37.1 Å². The monoisotopic (exact) mass is 391 g/mol. The van der Waals surface area contributed by atoms with Gasteiger partial charge in [-0.1, -0.05) is 43.2 Å². The Hall–Kier alpha value is -1.83. The summed E-state index contributed by atoms with van der Waals surface area (Å²) in [5, 5.41) is 9.37. The first kappa shape index (κ1) is 18.9. The number of carboxylic acids is 1. The minimum atomic E-state index is -3.59. The summed E-state index contributed by atoms with van der Waals surface area (Å²) in [4.78, 5) is 12.4. The van der Waals surface area contributed by atoms with Crippen molar-refractivity contribution in [3.63, 3.8) is 0 Å². The van der Waals surface area contributed by atoms with Gasteiger partial charge in [0, 0.05) is 16.2 Å². The second-order valence-electron chi connectivity index (χ2n) is 6.28. The zero-order chi connectivity index (χ0) is 18.6. The lowest BCUT2D eigenvalue weighted by Crippen LogP contribution is -2.43. The molecule has 0 unspecified atom stereocenters. The summed E-state index contributed by atoms with van der Waals surface area (Å²) in [7, 11) is -3.59. The Morgan fingerprint density at radius 3 is 2.38 bits per heavy atom. The highest BCUT2D eigenvalue weighted by Gasteiger charge is 2.31. The van der Waals surface area contributed by atoms with Crippen LogP contribution in [0.3, 0.4) is 0 Å². The molecule has 2 atom stereocenters. The van der Waals surface area contributed by atoms with E-state index in [1.165, 1.54) is 11.8 Å². The zero-order valence-electron chi connectivity index (χ0n) is 14.2. The second-order valence-corrected chi connectivity index (χ2v) is 9.28. The average Bonchev–Trinajstić information content (AvgIpc) is 2.64. The molecule has 2 aromatic carbocycles. The van der Waals surface area contributed by atoms with Crippen molar-refractivity contribution in [3.05, 3.63) is 60.2 Å². The van der Waals surface area contributed by atoms with Gasteiger partial charge in [0.1, 0.15) is 0 Å². The number of carboxylic acid groups (broad SMARTS) is 1. The number of carbonyl (C=O) groups is 1. The molecule has 7 heteroatoms. The van der Waals surface area contributed by atoms with Crippen molar-refractivity contribution in [1.82, 2.24) is 4.72 Å². The molecule has 0 aromatic heterocycles. The Morgan fingerprint density at radius 2 is 1.65 bits per heavy atom. The van der Waals surface area contributed by atoms with E-state index in [4.69, 9.17) is 0 Å². The van der Waals surface area contributed by atoms with Crippen molar-refractivity contribution in [2.75, 3.05) is 0 Å². The highest BCUT2D eigenvalue weighted by atomic mass is 32.2. The topological polar surface area (TPSA) is 83.5 Å². The van der Waals surface area contributed by atoms with Gasteiger partial charge in [-0.25, -0.2) is 17.9 Å². The minimum absolute atomic E-state index is 0.00253. The summed E-state index contributed by atoms with van der Waals surface area (Å²) < 4.78 is 28.2. The van der Waals surface area contributed by atoms with Crippen LogP contribution in [0.2, 0.25) is 0 Å². The molecular formula is C19H21NO4S2. The minimum Gasteiger partial charge on any atom is -0.478 e. The highest BCUT2D eigenvalue weighted by Crippen LogP contribution is 2.36. The van der Waals surface area contributed by atoms with Crippen LogP contribution in [0.15, 0.2) is 64.4 Å². The molecule has 1 aliphatic rings. The van der Waals surface area contributed by atoms with Crippen molar-refractivity contribution in [2.45, 2.75) is 46.8 Å². The van der Waals surface area contributed by atoms with Crippen molar-refractivity contribution >= 4 is 27.8 Å². The van der Waals surface area contributed by atoms with E-state index in [1.807, 2.05) is 0 Å². The number of nitrogens with one attached hydrogen (secondary N) is 1. The largest absolute Gasteiger partial charge is 0.478 e. The summed E-state index contributed by atoms with van der Waals surface area (Å²) in [5.74, 6) is -0.967. The maximum atomic E-state index is 12.7. The number of hydrogen-bond donors (Lipinski definition) is 2. The maximum Gasteiger partial charge on any atom is 0.336 e. The molecule has 0 saturated heterocycles. The molecule has 0 radical (unpaired) electrons. The number of rotatable bonds is 6. The van der Waals surface area contributed by atoms with Crippen LogP contribution in [0.5, 0.6) is 0 Å². The second kappa shape index (κ2) is 8.24. The number of sulfonamides is 1. The molecule has 1 aliphatic carbocycles. The van der Waals surface area contributed by atoms with Gasteiger partial charge >= 0.3 is 5.97 Å². The van der Waals surface area contributed by atoms with E-state index in [9.17, 15) is 18.3 Å². The molecular weight excluding hydrogens is 370 g/mol. The lowest BCUT2D eigenvalue weighted by Gasteiger charge is -2.31. The molecule has 5 nitrogen and oxygen atoms in total. The third kappa shape index (κ3) is 4.47. The maximum absolute atomic E-state index is 12.7. The van der Waals surface area contributed by atoms with E-state index in [1.54, 1.807) is 54.6 Å². The molecule has 0 heterocycles. The summed E-state index contributed by atoms with van der Waals surface area (Å²) in [6.07, 6.45) is 3.57. The lowest BCUT2D eigenvalue weighted by molar-refractivity contribution is 0.0693. The predicted octanol–water partition coefficient (Wildman–Crippen LogP) is 3.77. The molecule has 2 aromatic rings. The molecule has 0 aliphatic heterocycles. The Kier molecular flexibility index (Phi) is 6.01. The number of thioether (sulfide) groups is 1. The van der Waals surface area contributed by atoms with Gasteiger partial charge in [-0.2, -0.15) is 0 Å². The van der Waals surface area contributed by atoms with E-state index in [-0.39, 0.29) is 21.8 Å². The zero-order valence-corrected chi connectivity index (χ0v) is 15.8. The molecule has 2 N–H and O–H groups in total. The molecule has 1 saturated carbocycles. The smallest absolute Gasteiger partial charge is 0.336 e. The molecule has 3 rings (SSSR count). The van der Waals surface area contributed by atoms with Gasteiger partial charge in [0.15, 0.2) is 0 Å². The quantitative estimate of drug-likeness (QED) is 0.783. The van der Waals surface area contributed by atoms with Gasteiger partial charge in [0.25, 0.3) is 0 Å². The SMILES string of the molecule is O=C(O)c1ccccc1S[C@@H]1CCCC[C@@H]1NS(=O)(=O)c1ccccc1. The fraction of sp³-hybridized carbons (Fsp3) is 0.316. The lowest BCUT2D eigenvalue weighted by atomic mass is 9.96. The molecule has 26 heavy (non-hydrogen) atoms. The van der Waals surface area contributed by atoms with Crippen molar-refractivity contribution in [2.24, 2.45) is 0 Å². The van der Waals surface area contributed by atoms with Crippen molar-refractivity contribution in [3.8, 4) is 0 Å². The van der Waals surface area contributed by atoms with E-state index >= 15 is 0 Å².